The summed E-state index contributed by atoms with van der Waals surface area (Å²) in [6, 6.07) is 18.3. The van der Waals surface area contributed by atoms with Gasteiger partial charge in [0.1, 0.15) is 0 Å². The van der Waals surface area contributed by atoms with Gasteiger partial charge in [-0.15, -0.1) is 0 Å². The Balaban J connectivity index is 1.59. The number of rotatable bonds is 5. The average molecular weight is 363 g/mol. The van der Waals surface area contributed by atoms with Crippen LogP contribution >= 0.6 is 11.6 Å². The molecule has 0 atom stereocenters. The van der Waals surface area contributed by atoms with Crippen molar-refractivity contribution < 1.29 is 0 Å². The number of hydrogen-bond acceptors (Lipinski definition) is 2. The van der Waals surface area contributed by atoms with Crippen LogP contribution in [0.5, 0.6) is 0 Å². The van der Waals surface area contributed by atoms with Gasteiger partial charge in [0.25, 0.3) is 0 Å². The van der Waals surface area contributed by atoms with Crippen LogP contribution in [0.25, 0.3) is 0 Å². The van der Waals surface area contributed by atoms with Gasteiger partial charge in [-0.1, -0.05) is 0 Å². The molecule has 21 heavy (non-hydrogen) atoms. The molecule has 0 amide bonds. The van der Waals surface area contributed by atoms with E-state index >= 15 is 0 Å². The summed E-state index contributed by atoms with van der Waals surface area (Å²) < 4.78 is 3.26. The zero-order chi connectivity index (χ0) is 14.5. The van der Waals surface area contributed by atoms with Crippen molar-refractivity contribution in [3.05, 3.63) is 77.1 Å². The topological polar surface area (TPSA) is 30.7 Å². The quantitative estimate of drug-likeness (QED) is 0.653. The van der Waals surface area contributed by atoms with E-state index in [1.165, 1.54) is 10.0 Å². The van der Waals surface area contributed by atoms with Gasteiger partial charge in [0, 0.05) is 0 Å². The maximum atomic E-state index is 5.89. The van der Waals surface area contributed by atoms with Crippen molar-refractivity contribution >= 4 is 31.0 Å². The summed E-state index contributed by atoms with van der Waals surface area (Å²) in [4.78, 5) is 0. The fraction of sp³-hybridized carbons (Fsp3) is 0.125. The van der Waals surface area contributed by atoms with Gasteiger partial charge >= 0.3 is 135 Å². The van der Waals surface area contributed by atoms with Crippen molar-refractivity contribution in [1.82, 2.24) is 15.0 Å². The van der Waals surface area contributed by atoms with Crippen LogP contribution in [0.4, 0.5) is 0 Å². The van der Waals surface area contributed by atoms with E-state index in [1.807, 2.05) is 41.2 Å². The van der Waals surface area contributed by atoms with E-state index in [0.29, 0.717) is 15.0 Å². The van der Waals surface area contributed by atoms with Gasteiger partial charge in [-0.25, -0.2) is 0 Å². The van der Waals surface area contributed by atoms with Crippen LogP contribution in [0, 0.1) is 0 Å². The third-order valence-electron chi connectivity index (χ3n) is 2.97. The fourth-order valence-electron chi connectivity index (χ4n) is 1.93. The molecule has 3 rings (SSSR count). The predicted octanol–water partition coefficient (Wildman–Crippen LogP) is 2.51. The molecule has 0 unspecified atom stereocenters. The van der Waals surface area contributed by atoms with Gasteiger partial charge in [0.15, 0.2) is 0 Å². The Morgan fingerprint density at radius 3 is 2.52 bits per heavy atom. The predicted molar refractivity (Wildman–Crippen MR) is 86.1 cm³/mol. The summed E-state index contributed by atoms with van der Waals surface area (Å²) in [7, 11) is 0. The van der Waals surface area contributed by atoms with Crippen LogP contribution in [0.2, 0.25) is 5.02 Å². The molecule has 2 aromatic carbocycles. The van der Waals surface area contributed by atoms with Crippen molar-refractivity contribution in [1.29, 1.82) is 0 Å². The minimum absolute atomic E-state index is 0.405. The Morgan fingerprint density at radius 2 is 1.76 bits per heavy atom. The van der Waals surface area contributed by atoms with E-state index in [1.54, 1.807) is 0 Å². The Morgan fingerprint density at radius 1 is 1.00 bits per heavy atom. The van der Waals surface area contributed by atoms with Gasteiger partial charge in [-0.05, 0) is 0 Å². The zero-order valence-electron chi connectivity index (χ0n) is 11.3. The molecule has 0 radical (unpaired) electrons. The molecule has 0 aliphatic heterocycles. The summed E-state index contributed by atoms with van der Waals surface area (Å²) in [6.07, 6.45) is 2.03. The first-order valence-electron chi connectivity index (χ1n) is 6.61. The molecule has 0 spiro atoms. The van der Waals surface area contributed by atoms with Crippen molar-refractivity contribution in [2.24, 2.45) is 0 Å². The van der Waals surface area contributed by atoms with Gasteiger partial charge in [-0.2, -0.15) is 0 Å². The summed E-state index contributed by atoms with van der Waals surface area (Å²) in [6.45, 7) is 0.725. The Labute approximate surface area is 135 Å². The third kappa shape index (κ3) is 4.18. The molecule has 0 aliphatic carbocycles. The molecule has 3 nitrogen and oxygen atoms in total. The molecule has 0 fully saturated rings. The van der Waals surface area contributed by atoms with Crippen molar-refractivity contribution in [2.75, 3.05) is 0 Å². The standard InChI is InChI=1S/C16H14ClN3Se/c17-14-8-6-13(7-9-14)10-20-11-15(18-19-20)12-21-16-4-2-1-3-5-16/h1-9,11H,10,12H2. The Kier molecular flexibility index (Phi) is 4.71. The second-order valence-corrected chi connectivity index (χ2v) is 7.27. The van der Waals surface area contributed by atoms with Crippen LogP contribution in [0.1, 0.15) is 11.3 Å². The van der Waals surface area contributed by atoms with E-state index in [2.05, 4.69) is 34.6 Å². The molecule has 0 saturated carbocycles. The van der Waals surface area contributed by atoms with Gasteiger partial charge < -0.3 is 0 Å². The maximum absolute atomic E-state index is 5.89. The molecule has 1 heterocycles. The number of aromatic nitrogens is 3. The summed E-state index contributed by atoms with van der Waals surface area (Å²) in [5, 5.41) is 10.2. The SMILES string of the molecule is Clc1ccc(Cn2cc(C[Se]c3ccccc3)nn2)cc1. The van der Waals surface area contributed by atoms with Crippen molar-refractivity contribution in [3.63, 3.8) is 0 Å². The van der Waals surface area contributed by atoms with Crippen LogP contribution in [0.3, 0.4) is 0 Å². The molecule has 3 aromatic rings. The average Bonchev–Trinajstić information content (AvgIpc) is 2.96. The second-order valence-electron chi connectivity index (χ2n) is 4.64. The van der Waals surface area contributed by atoms with Crippen molar-refractivity contribution in [3.8, 4) is 0 Å². The first-order valence-corrected chi connectivity index (χ1v) is 9.05. The number of nitrogens with zero attached hydrogens (tertiary/aromatic N) is 3. The van der Waals surface area contributed by atoms with Crippen LogP contribution in [0.15, 0.2) is 60.8 Å². The minimum atomic E-state index is 0.405. The van der Waals surface area contributed by atoms with Gasteiger partial charge in [-0.3, -0.25) is 0 Å². The van der Waals surface area contributed by atoms with E-state index < -0.39 is 0 Å². The molecular weight excluding hydrogens is 349 g/mol. The van der Waals surface area contributed by atoms with Gasteiger partial charge in [0.2, 0.25) is 0 Å². The number of hydrogen-bond donors (Lipinski definition) is 0. The molecule has 0 bridgehead atoms. The molecule has 106 valence electrons. The van der Waals surface area contributed by atoms with Crippen LogP contribution < -0.4 is 4.46 Å². The Bertz CT molecular complexity index is 695. The summed E-state index contributed by atoms with van der Waals surface area (Å²) >= 11 is 6.29. The van der Waals surface area contributed by atoms with E-state index in [0.717, 1.165) is 22.6 Å². The summed E-state index contributed by atoms with van der Waals surface area (Å²) in [5.74, 6) is 0. The van der Waals surface area contributed by atoms with Gasteiger partial charge in [0.05, 0.1) is 0 Å². The summed E-state index contributed by atoms with van der Waals surface area (Å²) in [5.41, 5.74) is 2.22. The second kappa shape index (κ2) is 6.90. The van der Waals surface area contributed by atoms with Crippen LogP contribution in [-0.4, -0.2) is 30.0 Å². The first-order chi connectivity index (χ1) is 10.3. The van der Waals surface area contributed by atoms with E-state index in [-0.39, 0.29) is 0 Å². The molecule has 1 aromatic heterocycles. The molecule has 0 saturated heterocycles. The monoisotopic (exact) mass is 363 g/mol. The van der Waals surface area contributed by atoms with Crippen LogP contribution in [-0.2, 0) is 11.9 Å². The zero-order valence-corrected chi connectivity index (χ0v) is 13.8. The first kappa shape index (κ1) is 14.3. The molecular formula is C16H14ClN3Se. The number of halogens is 1. The fourth-order valence-corrected chi connectivity index (χ4v) is 3.73. The normalized spacial score (nSPS) is 10.7. The number of benzene rings is 2. The molecule has 0 N–H and O–H groups in total. The van der Waals surface area contributed by atoms with E-state index in [9.17, 15) is 0 Å². The molecule has 5 heteroatoms. The third-order valence-corrected chi connectivity index (χ3v) is 5.42. The van der Waals surface area contributed by atoms with E-state index in [4.69, 9.17) is 11.6 Å². The Hall–Kier alpha value is -1.61. The molecule has 0 aliphatic rings. The van der Waals surface area contributed by atoms with Crippen molar-refractivity contribution in [2.45, 2.75) is 11.9 Å².